The Morgan fingerprint density at radius 3 is 2.59 bits per heavy atom. The third-order valence-corrected chi connectivity index (χ3v) is 11.0. The van der Waals surface area contributed by atoms with E-state index in [0.29, 0.717) is 11.2 Å². The highest BCUT2D eigenvalue weighted by molar-refractivity contribution is 9.10. The smallest absolute Gasteiger partial charge is 0.147 e. The molecule has 164 valence electrons. The number of carbonyl (C=O) groups excluding carboxylic acids is 1. The summed E-state index contributed by atoms with van der Waals surface area (Å²) in [5, 5.41) is 0. The quantitative estimate of drug-likeness (QED) is 0.298. The van der Waals surface area contributed by atoms with Crippen LogP contribution in [0.2, 0.25) is 0 Å². The standard InChI is InChI=1S/C27H43BrO/c1-17(2)7-6-8-18(3)21-11-12-22-20-10-9-19-15-24(28)25(29)16-27(19,5)23(20)13-14-26(21,22)4/h9,17-18,20-24H,6-8,10-16H2,1-5H3/t18-,20-,21-,22+,23-,24-,26+,27-/m0/s1. The van der Waals surface area contributed by atoms with Crippen LogP contribution in [0, 0.1) is 46.3 Å². The molecule has 4 rings (SSSR count). The highest BCUT2D eigenvalue weighted by Crippen LogP contribution is 2.67. The largest absolute Gasteiger partial charge is 0.298 e. The van der Waals surface area contributed by atoms with Crippen LogP contribution in [0.5, 0.6) is 0 Å². The van der Waals surface area contributed by atoms with Crippen molar-refractivity contribution in [2.75, 3.05) is 0 Å². The molecule has 0 aromatic carbocycles. The van der Waals surface area contributed by atoms with Crippen LogP contribution in [0.15, 0.2) is 11.6 Å². The number of ketones is 1. The van der Waals surface area contributed by atoms with E-state index in [0.717, 1.165) is 48.3 Å². The maximum Gasteiger partial charge on any atom is 0.147 e. The average molecular weight is 464 g/mol. The monoisotopic (exact) mass is 462 g/mol. The van der Waals surface area contributed by atoms with Crippen molar-refractivity contribution in [3.05, 3.63) is 11.6 Å². The molecule has 0 N–H and O–H groups in total. The van der Waals surface area contributed by atoms with Crippen LogP contribution in [0.4, 0.5) is 0 Å². The summed E-state index contributed by atoms with van der Waals surface area (Å²) in [6.07, 6.45) is 15.4. The van der Waals surface area contributed by atoms with E-state index in [1.807, 2.05) is 0 Å². The third kappa shape index (κ3) is 3.72. The molecule has 3 fully saturated rings. The summed E-state index contributed by atoms with van der Waals surface area (Å²) in [7, 11) is 0. The number of Topliss-reactive ketones (excluding diaryl/α,β-unsaturated/α-hetero) is 1. The van der Waals surface area contributed by atoms with Crippen LogP contribution in [0.1, 0.15) is 98.8 Å². The van der Waals surface area contributed by atoms with E-state index < -0.39 is 0 Å². The first kappa shape index (κ1) is 22.1. The summed E-state index contributed by atoms with van der Waals surface area (Å²) in [6.45, 7) is 12.4. The summed E-state index contributed by atoms with van der Waals surface area (Å²) in [4.78, 5) is 12.7. The van der Waals surface area contributed by atoms with Gasteiger partial charge in [0.2, 0.25) is 0 Å². The first-order valence-corrected chi connectivity index (χ1v) is 13.4. The van der Waals surface area contributed by atoms with Crippen LogP contribution in [0.3, 0.4) is 0 Å². The Morgan fingerprint density at radius 1 is 1.10 bits per heavy atom. The summed E-state index contributed by atoms with van der Waals surface area (Å²) in [6, 6.07) is 0. The van der Waals surface area contributed by atoms with Gasteiger partial charge < -0.3 is 0 Å². The number of fused-ring (bicyclic) bond motifs is 5. The van der Waals surface area contributed by atoms with Crippen molar-refractivity contribution < 1.29 is 4.79 Å². The molecule has 0 spiro atoms. The Morgan fingerprint density at radius 2 is 1.86 bits per heavy atom. The molecule has 0 saturated heterocycles. The van der Waals surface area contributed by atoms with Crippen molar-refractivity contribution in [3.63, 3.8) is 0 Å². The van der Waals surface area contributed by atoms with Crippen molar-refractivity contribution in [2.45, 2.75) is 104 Å². The van der Waals surface area contributed by atoms with Crippen molar-refractivity contribution in [3.8, 4) is 0 Å². The molecule has 0 aliphatic heterocycles. The van der Waals surface area contributed by atoms with Gasteiger partial charge in [-0.2, -0.15) is 0 Å². The van der Waals surface area contributed by atoms with Crippen LogP contribution in [-0.2, 0) is 4.79 Å². The molecule has 29 heavy (non-hydrogen) atoms. The maximum absolute atomic E-state index is 12.6. The Hall–Kier alpha value is -0.110. The van der Waals surface area contributed by atoms with Crippen LogP contribution >= 0.6 is 15.9 Å². The van der Waals surface area contributed by atoms with E-state index in [9.17, 15) is 4.79 Å². The van der Waals surface area contributed by atoms with Gasteiger partial charge in [0.1, 0.15) is 5.78 Å². The predicted molar refractivity (Wildman–Crippen MR) is 126 cm³/mol. The van der Waals surface area contributed by atoms with E-state index in [4.69, 9.17) is 0 Å². The molecule has 0 radical (unpaired) electrons. The highest BCUT2D eigenvalue weighted by Gasteiger charge is 2.59. The third-order valence-electron chi connectivity index (χ3n) is 10.1. The van der Waals surface area contributed by atoms with Gasteiger partial charge in [0, 0.05) is 6.42 Å². The van der Waals surface area contributed by atoms with Crippen molar-refractivity contribution in [2.24, 2.45) is 46.3 Å². The van der Waals surface area contributed by atoms with Crippen LogP contribution in [0.25, 0.3) is 0 Å². The zero-order chi connectivity index (χ0) is 21.0. The van der Waals surface area contributed by atoms with Crippen molar-refractivity contribution in [1.29, 1.82) is 0 Å². The molecule has 4 aliphatic carbocycles. The van der Waals surface area contributed by atoms with Crippen LogP contribution in [-0.4, -0.2) is 10.6 Å². The van der Waals surface area contributed by atoms with Gasteiger partial charge in [0.15, 0.2) is 0 Å². The minimum atomic E-state index is 0.0646. The topological polar surface area (TPSA) is 17.1 Å². The highest BCUT2D eigenvalue weighted by atomic mass is 79.9. The molecule has 0 unspecified atom stereocenters. The lowest BCUT2D eigenvalue weighted by Crippen LogP contribution is -2.52. The number of rotatable bonds is 5. The summed E-state index contributed by atoms with van der Waals surface area (Å²) < 4.78 is 0. The van der Waals surface area contributed by atoms with Crippen LogP contribution < -0.4 is 0 Å². The molecule has 0 amide bonds. The van der Waals surface area contributed by atoms with Gasteiger partial charge in [0.25, 0.3) is 0 Å². The van der Waals surface area contributed by atoms with Gasteiger partial charge in [-0.25, -0.2) is 0 Å². The minimum Gasteiger partial charge on any atom is -0.298 e. The number of alkyl halides is 1. The number of carbonyl (C=O) groups is 1. The fourth-order valence-electron chi connectivity index (χ4n) is 8.52. The summed E-state index contributed by atoms with van der Waals surface area (Å²) in [5.74, 6) is 5.50. The molecule has 2 heteroatoms. The second kappa shape index (κ2) is 8.10. The van der Waals surface area contributed by atoms with E-state index in [1.54, 1.807) is 5.57 Å². The Labute approximate surface area is 188 Å². The number of allylic oxidation sites excluding steroid dienone is 2. The molecule has 0 heterocycles. The number of hydrogen-bond donors (Lipinski definition) is 0. The zero-order valence-corrected chi connectivity index (χ0v) is 21.1. The predicted octanol–water partition coefficient (Wildman–Crippen LogP) is 7.97. The number of halogens is 1. The zero-order valence-electron chi connectivity index (χ0n) is 19.5. The number of hydrogen-bond acceptors (Lipinski definition) is 1. The normalized spacial score (nSPS) is 45.4. The van der Waals surface area contributed by atoms with E-state index in [2.05, 4.69) is 56.6 Å². The lowest BCUT2D eigenvalue weighted by Gasteiger charge is -2.58. The molecular formula is C27H43BrO. The lowest BCUT2D eigenvalue weighted by atomic mass is 9.47. The summed E-state index contributed by atoms with van der Waals surface area (Å²) in [5.41, 5.74) is 2.28. The fraction of sp³-hybridized carbons (Fsp3) is 0.889. The van der Waals surface area contributed by atoms with E-state index >= 15 is 0 Å². The molecule has 1 nitrogen and oxygen atoms in total. The SMILES string of the molecule is CC(C)CCC[C@H](C)[C@@H]1CC[C@@H]2[C@@H]3CC=C4C[C@H](Br)C(=O)C[C@]4(C)[C@H]3CC[C@@]21C. The van der Waals surface area contributed by atoms with Gasteiger partial charge >= 0.3 is 0 Å². The minimum absolute atomic E-state index is 0.0646. The van der Waals surface area contributed by atoms with E-state index in [-0.39, 0.29) is 10.2 Å². The van der Waals surface area contributed by atoms with Crippen molar-refractivity contribution in [1.82, 2.24) is 0 Å². The first-order valence-electron chi connectivity index (χ1n) is 12.5. The first-order chi connectivity index (χ1) is 13.7. The summed E-state index contributed by atoms with van der Waals surface area (Å²) >= 11 is 3.64. The van der Waals surface area contributed by atoms with Gasteiger partial charge in [-0.05, 0) is 84.9 Å². The Kier molecular flexibility index (Phi) is 6.17. The lowest BCUT2D eigenvalue weighted by molar-refractivity contribution is -0.124. The maximum atomic E-state index is 12.6. The van der Waals surface area contributed by atoms with Gasteiger partial charge in [0.05, 0.1) is 4.83 Å². The van der Waals surface area contributed by atoms with Gasteiger partial charge in [-0.15, -0.1) is 0 Å². The van der Waals surface area contributed by atoms with Gasteiger partial charge in [-0.3, -0.25) is 4.79 Å². The van der Waals surface area contributed by atoms with E-state index in [1.165, 1.54) is 51.4 Å². The molecule has 0 aromatic heterocycles. The second-order valence-corrected chi connectivity index (χ2v) is 13.2. The average Bonchev–Trinajstić information content (AvgIpc) is 3.00. The Bertz CT molecular complexity index is 665. The molecular weight excluding hydrogens is 420 g/mol. The van der Waals surface area contributed by atoms with Crippen molar-refractivity contribution >= 4 is 21.7 Å². The molecule has 0 aromatic rings. The molecule has 0 bridgehead atoms. The molecule has 4 aliphatic rings. The molecule has 8 atom stereocenters. The fourth-order valence-corrected chi connectivity index (χ4v) is 9.03. The second-order valence-electron chi connectivity index (χ2n) is 12.1. The Balaban J connectivity index is 1.51. The molecule has 3 saturated carbocycles. The van der Waals surface area contributed by atoms with Gasteiger partial charge in [-0.1, -0.05) is 81.5 Å².